The minimum atomic E-state index is -2.98. The fraction of sp³-hybridized carbons (Fsp3) is 0.769. The number of ether oxygens (including phenoxy) is 1. The molecule has 0 radical (unpaired) electrons. The first kappa shape index (κ1) is 14.4. The zero-order chi connectivity index (χ0) is 14.4. The maximum Gasteiger partial charge on any atom is 0.158 e. The summed E-state index contributed by atoms with van der Waals surface area (Å²) in [4.78, 5) is 7.69. The minimum absolute atomic E-state index is 0.149. The average Bonchev–Trinajstić information content (AvgIpc) is 2.84. The third kappa shape index (κ3) is 2.11. The van der Waals surface area contributed by atoms with E-state index in [1.807, 2.05) is 12.4 Å². The van der Waals surface area contributed by atoms with Gasteiger partial charge in [0.2, 0.25) is 0 Å². The second kappa shape index (κ2) is 5.05. The fourth-order valence-corrected chi connectivity index (χ4v) is 6.68. The van der Waals surface area contributed by atoms with E-state index in [0.717, 1.165) is 18.7 Å². The lowest BCUT2D eigenvalue weighted by Gasteiger charge is -2.49. The van der Waals surface area contributed by atoms with Crippen LogP contribution in [-0.2, 0) is 21.1 Å². The standard InChI is InChI=1S/C13H20N2O3S2/c1-10-12(19-9-14-10)5-15-7-13(8-15)11(6-18-2)3-4-20(13,16)17/h9,11H,3-8H2,1-2H3/t11-/m0/s1. The van der Waals surface area contributed by atoms with Crippen LogP contribution in [0.25, 0.3) is 0 Å². The Morgan fingerprint density at radius 2 is 2.30 bits per heavy atom. The predicted molar refractivity (Wildman–Crippen MR) is 78.6 cm³/mol. The van der Waals surface area contributed by atoms with Crippen LogP contribution in [-0.4, -0.2) is 55.6 Å². The van der Waals surface area contributed by atoms with Crippen LogP contribution in [0.3, 0.4) is 0 Å². The van der Waals surface area contributed by atoms with Gasteiger partial charge in [0.1, 0.15) is 4.75 Å². The van der Waals surface area contributed by atoms with Gasteiger partial charge >= 0.3 is 0 Å². The molecule has 1 aromatic heterocycles. The summed E-state index contributed by atoms with van der Waals surface area (Å²) in [5, 5.41) is 0. The van der Waals surface area contributed by atoms with Crippen molar-refractivity contribution in [3.63, 3.8) is 0 Å². The smallest absolute Gasteiger partial charge is 0.158 e. The molecule has 2 aliphatic heterocycles. The van der Waals surface area contributed by atoms with E-state index in [-0.39, 0.29) is 5.92 Å². The minimum Gasteiger partial charge on any atom is -0.384 e. The van der Waals surface area contributed by atoms with Crippen molar-refractivity contribution < 1.29 is 13.2 Å². The maximum atomic E-state index is 12.4. The molecular weight excluding hydrogens is 296 g/mol. The van der Waals surface area contributed by atoms with Gasteiger partial charge in [0.05, 0.1) is 23.6 Å². The topological polar surface area (TPSA) is 59.5 Å². The average molecular weight is 316 g/mol. The molecule has 0 unspecified atom stereocenters. The predicted octanol–water partition coefficient (Wildman–Crippen LogP) is 1.09. The van der Waals surface area contributed by atoms with Crippen LogP contribution in [0.5, 0.6) is 0 Å². The van der Waals surface area contributed by atoms with Crippen LogP contribution in [0.1, 0.15) is 17.0 Å². The molecule has 0 bridgehead atoms. The number of thiazole rings is 1. The number of sulfone groups is 1. The van der Waals surface area contributed by atoms with Crippen LogP contribution in [0.4, 0.5) is 0 Å². The van der Waals surface area contributed by atoms with E-state index >= 15 is 0 Å². The number of aryl methyl sites for hydroxylation is 1. The van der Waals surface area contributed by atoms with E-state index in [9.17, 15) is 8.42 Å². The van der Waals surface area contributed by atoms with E-state index in [0.29, 0.717) is 25.4 Å². The van der Waals surface area contributed by atoms with Gasteiger partial charge in [0.25, 0.3) is 0 Å². The van der Waals surface area contributed by atoms with Crippen LogP contribution < -0.4 is 0 Å². The van der Waals surface area contributed by atoms with E-state index in [1.165, 1.54) is 4.88 Å². The van der Waals surface area contributed by atoms with Crippen molar-refractivity contribution in [2.24, 2.45) is 5.92 Å². The molecule has 3 rings (SSSR count). The van der Waals surface area contributed by atoms with Gasteiger partial charge < -0.3 is 4.74 Å². The first-order chi connectivity index (χ1) is 9.48. The van der Waals surface area contributed by atoms with E-state index in [2.05, 4.69) is 9.88 Å². The van der Waals surface area contributed by atoms with Gasteiger partial charge in [-0.15, -0.1) is 11.3 Å². The highest BCUT2D eigenvalue weighted by Crippen LogP contribution is 2.45. The van der Waals surface area contributed by atoms with Crippen LogP contribution >= 0.6 is 11.3 Å². The van der Waals surface area contributed by atoms with E-state index < -0.39 is 14.6 Å². The summed E-state index contributed by atoms with van der Waals surface area (Å²) in [5.41, 5.74) is 2.90. The van der Waals surface area contributed by atoms with Gasteiger partial charge in [-0.3, -0.25) is 4.90 Å². The SMILES string of the molecule is COC[C@@H]1CCS(=O)(=O)C12CN(Cc1scnc1C)C2. The largest absolute Gasteiger partial charge is 0.384 e. The summed E-state index contributed by atoms with van der Waals surface area (Å²) in [6.45, 7) is 4.64. The van der Waals surface area contributed by atoms with Crippen LogP contribution in [0.15, 0.2) is 5.51 Å². The maximum absolute atomic E-state index is 12.4. The Morgan fingerprint density at radius 1 is 1.55 bits per heavy atom. The molecule has 0 N–H and O–H groups in total. The van der Waals surface area contributed by atoms with Gasteiger partial charge in [-0.1, -0.05) is 0 Å². The second-order valence-corrected chi connectivity index (χ2v) is 9.22. The molecule has 5 nitrogen and oxygen atoms in total. The first-order valence-electron chi connectivity index (χ1n) is 6.81. The van der Waals surface area contributed by atoms with E-state index in [1.54, 1.807) is 18.4 Å². The Balaban J connectivity index is 1.71. The summed E-state index contributed by atoms with van der Waals surface area (Å²) in [7, 11) is -1.33. The van der Waals surface area contributed by atoms with Crippen molar-refractivity contribution in [2.75, 3.05) is 32.6 Å². The van der Waals surface area contributed by atoms with Crippen LogP contribution in [0.2, 0.25) is 0 Å². The fourth-order valence-electron chi connectivity index (χ4n) is 3.41. The molecule has 1 atom stereocenters. The molecule has 2 aliphatic rings. The molecule has 7 heteroatoms. The van der Waals surface area contributed by atoms with Crippen molar-refractivity contribution in [3.8, 4) is 0 Å². The summed E-state index contributed by atoms with van der Waals surface area (Å²) in [6, 6.07) is 0. The highest BCUT2D eigenvalue weighted by atomic mass is 32.2. The van der Waals surface area contributed by atoms with Gasteiger partial charge in [0.15, 0.2) is 9.84 Å². The van der Waals surface area contributed by atoms with Gasteiger partial charge in [0, 0.05) is 37.5 Å². The van der Waals surface area contributed by atoms with Crippen molar-refractivity contribution in [2.45, 2.75) is 24.6 Å². The molecule has 20 heavy (non-hydrogen) atoms. The molecule has 2 saturated heterocycles. The lowest BCUT2D eigenvalue weighted by atomic mass is 9.83. The van der Waals surface area contributed by atoms with Gasteiger partial charge in [-0.05, 0) is 13.3 Å². The van der Waals surface area contributed by atoms with Gasteiger partial charge in [-0.2, -0.15) is 0 Å². The molecule has 0 aromatic carbocycles. The Labute approximate surface area is 123 Å². The monoisotopic (exact) mass is 316 g/mol. The van der Waals surface area contributed by atoms with Crippen molar-refractivity contribution >= 4 is 21.2 Å². The van der Waals surface area contributed by atoms with Crippen molar-refractivity contribution in [1.29, 1.82) is 0 Å². The number of hydrogen-bond acceptors (Lipinski definition) is 6. The summed E-state index contributed by atoms with van der Waals surface area (Å²) >= 11 is 1.64. The Morgan fingerprint density at radius 3 is 2.90 bits per heavy atom. The lowest BCUT2D eigenvalue weighted by Crippen LogP contribution is -2.67. The molecule has 3 heterocycles. The van der Waals surface area contributed by atoms with E-state index in [4.69, 9.17) is 4.74 Å². The number of likely N-dealkylation sites (tertiary alicyclic amines) is 1. The number of nitrogens with zero attached hydrogens (tertiary/aromatic N) is 2. The van der Waals surface area contributed by atoms with Gasteiger partial charge in [-0.25, -0.2) is 13.4 Å². The molecular formula is C13H20N2O3S2. The lowest BCUT2D eigenvalue weighted by molar-refractivity contribution is 0.0416. The summed E-state index contributed by atoms with van der Waals surface area (Å²) < 4.78 is 29.4. The third-order valence-electron chi connectivity index (χ3n) is 4.66. The zero-order valence-electron chi connectivity index (χ0n) is 11.8. The Bertz CT molecular complexity index is 591. The molecule has 0 saturated carbocycles. The third-order valence-corrected chi connectivity index (χ3v) is 8.18. The molecule has 0 aliphatic carbocycles. The molecule has 112 valence electrons. The second-order valence-electron chi connectivity index (χ2n) is 5.83. The highest BCUT2D eigenvalue weighted by Gasteiger charge is 2.61. The molecule has 1 spiro atoms. The molecule has 0 amide bonds. The zero-order valence-corrected chi connectivity index (χ0v) is 13.5. The van der Waals surface area contributed by atoms with Crippen LogP contribution in [0, 0.1) is 12.8 Å². The van der Waals surface area contributed by atoms with Crippen molar-refractivity contribution in [1.82, 2.24) is 9.88 Å². The summed E-state index contributed by atoms with van der Waals surface area (Å²) in [6.07, 6.45) is 0.740. The summed E-state index contributed by atoms with van der Waals surface area (Å²) in [5.74, 6) is 0.463. The Kier molecular flexibility index (Phi) is 3.64. The van der Waals surface area contributed by atoms with Crippen molar-refractivity contribution in [3.05, 3.63) is 16.1 Å². The normalized spacial score (nSPS) is 27.8. The Hall–Kier alpha value is -0.500. The number of aromatic nitrogens is 1. The highest BCUT2D eigenvalue weighted by molar-refractivity contribution is 7.93. The molecule has 2 fully saturated rings. The number of hydrogen-bond donors (Lipinski definition) is 0. The first-order valence-corrected chi connectivity index (χ1v) is 9.34. The quantitative estimate of drug-likeness (QED) is 0.832. The number of methoxy groups -OCH3 is 1. The molecule has 1 aromatic rings. The number of rotatable bonds is 4.